The lowest BCUT2D eigenvalue weighted by atomic mass is 9.71. The molecule has 2 rings (SSSR count). The van der Waals surface area contributed by atoms with Crippen molar-refractivity contribution < 1.29 is 5.11 Å². The number of nitrogens with two attached hydrogens (primary N) is 1. The summed E-state index contributed by atoms with van der Waals surface area (Å²) in [5.74, 6) is 0. The first-order chi connectivity index (χ1) is 9.09. The summed E-state index contributed by atoms with van der Waals surface area (Å²) >= 11 is 11.0. The van der Waals surface area contributed by atoms with Crippen molar-refractivity contribution in [3.8, 4) is 0 Å². The molecule has 0 bridgehead atoms. The maximum Gasteiger partial charge on any atom is 0.107 e. The van der Waals surface area contributed by atoms with Gasteiger partial charge in [-0.25, -0.2) is 0 Å². The van der Waals surface area contributed by atoms with Crippen LogP contribution in [-0.2, 0) is 0 Å². The molecule has 1 aromatic heterocycles. The second-order valence-electron chi connectivity index (χ2n) is 5.51. The summed E-state index contributed by atoms with van der Waals surface area (Å²) in [4.78, 5) is 0.933. The fraction of sp³-hybridized carbons (Fsp3) is 0.714. The lowest BCUT2D eigenvalue weighted by Gasteiger charge is -2.38. The molecule has 1 unspecified atom stereocenters. The van der Waals surface area contributed by atoms with E-state index in [2.05, 4.69) is 15.9 Å². The van der Waals surface area contributed by atoms with Crippen LogP contribution in [0.4, 0.5) is 0 Å². The average Bonchev–Trinajstić information content (AvgIpc) is 2.70. The Kier molecular flexibility index (Phi) is 5.73. The molecule has 1 aliphatic carbocycles. The van der Waals surface area contributed by atoms with Gasteiger partial charge < -0.3 is 10.8 Å². The van der Waals surface area contributed by atoms with Crippen molar-refractivity contribution >= 4 is 38.9 Å². The quantitative estimate of drug-likeness (QED) is 0.800. The summed E-state index contributed by atoms with van der Waals surface area (Å²) in [6, 6.07) is 1.94. The van der Waals surface area contributed by atoms with Crippen LogP contribution < -0.4 is 5.73 Å². The van der Waals surface area contributed by atoms with Crippen molar-refractivity contribution in [2.75, 3.05) is 6.54 Å². The van der Waals surface area contributed by atoms with Crippen LogP contribution in [0.1, 0.15) is 55.9 Å². The molecule has 0 spiro atoms. The number of hydrogen-bond donors (Lipinski definition) is 2. The summed E-state index contributed by atoms with van der Waals surface area (Å²) in [5.41, 5.74) is 5.87. The minimum absolute atomic E-state index is 0.173. The van der Waals surface area contributed by atoms with Crippen LogP contribution in [0.25, 0.3) is 0 Å². The van der Waals surface area contributed by atoms with Gasteiger partial charge in [0, 0.05) is 21.3 Å². The van der Waals surface area contributed by atoms with Gasteiger partial charge in [0.1, 0.15) is 4.34 Å². The van der Waals surface area contributed by atoms with Crippen molar-refractivity contribution in [1.82, 2.24) is 0 Å². The van der Waals surface area contributed by atoms with E-state index in [1.807, 2.05) is 6.07 Å². The third-order valence-corrected chi connectivity index (χ3v) is 6.80. The molecule has 2 nitrogen and oxygen atoms in total. The van der Waals surface area contributed by atoms with Crippen LogP contribution in [0.15, 0.2) is 10.5 Å². The van der Waals surface area contributed by atoms with Crippen LogP contribution in [0, 0.1) is 5.41 Å². The summed E-state index contributed by atoms with van der Waals surface area (Å²) in [6.45, 7) is 0.543. The lowest BCUT2D eigenvalue weighted by Crippen LogP contribution is -2.37. The number of aliphatic hydroxyl groups is 1. The Bertz CT molecular complexity index is 396. The van der Waals surface area contributed by atoms with Crippen LogP contribution in [0.2, 0.25) is 4.34 Å². The molecule has 1 aromatic rings. The van der Waals surface area contributed by atoms with Crippen LogP contribution >= 0.6 is 38.9 Å². The highest BCUT2D eigenvalue weighted by Gasteiger charge is 2.38. The van der Waals surface area contributed by atoms with Gasteiger partial charge >= 0.3 is 0 Å². The second-order valence-corrected chi connectivity index (χ2v) is 8.05. The Labute approximate surface area is 132 Å². The molecule has 19 heavy (non-hydrogen) atoms. The van der Waals surface area contributed by atoms with Crippen molar-refractivity contribution in [3.63, 3.8) is 0 Å². The number of halogens is 2. The van der Waals surface area contributed by atoms with Gasteiger partial charge in [0.2, 0.25) is 0 Å². The predicted molar refractivity (Wildman–Crippen MR) is 85.8 cm³/mol. The summed E-state index contributed by atoms with van der Waals surface area (Å²) in [5, 5.41) is 10.8. The smallest absolute Gasteiger partial charge is 0.107 e. The van der Waals surface area contributed by atoms with Gasteiger partial charge in [-0.05, 0) is 34.8 Å². The molecular weight excluding hydrogens is 346 g/mol. The Balaban J connectivity index is 2.22. The Morgan fingerprint density at radius 1 is 1.32 bits per heavy atom. The van der Waals surface area contributed by atoms with E-state index in [1.54, 1.807) is 0 Å². The van der Waals surface area contributed by atoms with E-state index in [9.17, 15) is 5.11 Å². The van der Waals surface area contributed by atoms with E-state index < -0.39 is 6.10 Å². The van der Waals surface area contributed by atoms with Gasteiger partial charge in [-0.3, -0.25) is 0 Å². The molecular formula is C14H21BrClNOS. The molecule has 1 fully saturated rings. The molecule has 1 heterocycles. The zero-order chi connectivity index (χ0) is 13.9. The number of aliphatic hydroxyl groups excluding tert-OH is 1. The van der Waals surface area contributed by atoms with E-state index in [4.69, 9.17) is 17.3 Å². The lowest BCUT2D eigenvalue weighted by molar-refractivity contribution is 0.0110. The van der Waals surface area contributed by atoms with E-state index in [0.29, 0.717) is 10.9 Å². The van der Waals surface area contributed by atoms with Gasteiger partial charge in [0.05, 0.1) is 6.10 Å². The molecule has 3 N–H and O–H groups in total. The molecule has 0 saturated heterocycles. The fourth-order valence-electron chi connectivity index (χ4n) is 3.00. The molecule has 5 heteroatoms. The van der Waals surface area contributed by atoms with Gasteiger partial charge in [0.15, 0.2) is 0 Å². The molecule has 0 aromatic carbocycles. The molecule has 1 atom stereocenters. The monoisotopic (exact) mass is 365 g/mol. The van der Waals surface area contributed by atoms with Crippen molar-refractivity contribution in [1.29, 1.82) is 0 Å². The van der Waals surface area contributed by atoms with Crippen molar-refractivity contribution in [2.24, 2.45) is 11.1 Å². The molecule has 108 valence electrons. The third-order valence-electron chi connectivity index (χ3n) is 4.27. The van der Waals surface area contributed by atoms with Crippen molar-refractivity contribution in [2.45, 2.75) is 51.0 Å². The second kappa shape index (κ2) is 6.90. The van der Waals surface area contributed by atoms with E-state index in [-0.39, 0.29) is 5.41 Å². The molecule has 0 radical (unpaired) electrons. The number of rotatable bonds is 3. The average molecular weight is 367 g/mol. The van der Waals surface area contributed by atoms with Gasteiger partial charge in [-0.1, -0.05) is 43.7 Å². The number of thiophene rings is 1. The largest absolute Gasteiger partial charge is 0.387 e. The van der Waals surface area contributed by atoms with Crippen LogP contribution in [-0.4, -0.2) is 11.7 Å². The highest BCUT2D eigenvalue weighted by atomic mass is 79.9. The fourth-order valence-corrected chi connectivity index (χ4v) is 4.86. The van der Waals surface area contributed by atoms with E-state index >= 15 is 0 Å². The normalized spacial score (nSPS) is 21.7. The summed E-state index contributed by atoms with van der Waals surface area (Å²) < 4.78 is 1.57. The van der Waals surface area contributed by atoms with Gasteiger partial charge in [-0.15, -0.1) is 11.3 Å². The zero-order valence-corrected chi connectivity index (χ0v) is 14.2. The maximum absolute atomic E-state index is 10.8. The first kappa shape index (κ1) is 15.8. The van der Waals surface area contributed by atoms with E-state index in [1.165, 1.54) is 30.6 Å². The van der Waals surface area contributed by atoms with Gasteiger partial charge in [0.25, 0.3) is 0 Å². The Morgan fingerprint density at radius 3 is 2.37 bits per heavy atom. The zero-order valence-electron chi connectivity index (χ0n) is 11.0. The molecule has 0 amide bonds. The number of hydrogen-bond acceptors (Lipinski definition) is 3. The summed E-state index contributed by atoms with van der Waals surface area (Å²) in [7, 11) is 0. The molecule has 1 saturated carbocycles. The Hall–Kier alpha value is 0.390. The van der Waals surface area contributed by atoms with Gasteiger partial charge in [-0.2, -0.15) is 0 Å². The topological polar surface area (TPSA) is 46.2 Å². The first-order valence-electron chi connectivity index (χ1n) is 6.92. The highest BCUT2D eigenvalue weighted by molar-refractivity contribution is 9.10. The molecule has 0 aliphatic heterocycles. The minimum atomic E-state index is -0.496. The highest BCUT2D eigenvalue weighted by Crippen LogP contribution is 2.47. The summed E-state index contributed by atoms with van der Waals surface area (Å²) in [6.07, 6.45) is 7.67. The van der Waals surface area contributed by atoms with Crippen molar-refractivity contribution in [3.05, 3.63) is 19.8 Å². The first-order valence-corrected chi connectivity index (χ1v) is 8.91. The standard InChI is InChI=1S/C14H21BrClNOS/c15-10-8-11(19-13(10)16)12(18)14(9-17)6-4-2-1-3-5-7-14/h8,12,18H,1-7,9,17H2. The van der Waals surface area contributed by atoms with Crippen LogP contribution in [0.3, 0.4) is 0 Å². The SMILES string of the molecule is NCC1(C(O)c2cc(Br)c(Cl)s2)CCCCCCC1. The predicted octanol–water partition coefficient (Wildman–Crippen LogP) is 4.89. The minimum Gasteiger partial charge on any atom is -0.387 e. The molecule has 1 aliphatic rings. The van der Waals surface area contributed by atoms with Crippen LogP contribution in [0.5, 0.6) is 0 Å². The van der Waals surface area contributed by atoms with E-state index in [0.717, 1.165) is 35.0 Å². The third kappa shape index (κ3) is 3.53. The Morgan fingerprint density at radius 2 is 1.89 bits per heavy atom. The maximum atomic E-state index is 10.8.